The SMILES string of the molecule is O=C(c1cccs1)N1CCC[C@@H](C(=O)N(Cc2ccc(C(F)(F)F)cc2)C2CC2)C1. The summed E-state index contributed by atoms with van der Waals surface area (Å²) >= 11 is 1.39. The van der Waals surface area contributed by atoms with Gasteiger partial charge in [0.1, 0.15) is 0 Å². The molecule has 2 heterocycles. The summed E-state index contributed by atoms with van der Waals surface area (Å²) < 4.78 is 38.4. The average molecular weight is 436 g/mol. The molecule has 1 aliphatic heterocycles. The van der Waals surface area contributed by atoms with Gasteiger partial charge in [-0.1, -0.05) is 18.2 Å². The fourth-order valence-electron chi connectivity index (χ4n) is 3.92. The lowest BCUT2D eigenvalue weighted by Crippen LogP contribution is -2.47. The van der Waals surface area contributed by atoms with Crippen LogP contribution in [0.3, 0.4) is 0 Å². The van der Waals surface area contributed by atoms with Crippen molar-refractivity contribution in [3.8, 4) is 0 Å². The van der Waals surface area contributed by atoms with E-state index in [1.165, 1.54) is 23.5 Å². The van der Waals surface area contributed by atoms with Crippen LogP contribution in [0.5, 0.6) is 0 Å². The molecular weight excluding hydrogens is 413 g/mol. The Bertz CT molecular complexity index is 892. The lowest BCUT2D eigenvalue weighted by molar-refractivity contribution is -0.139. The summed E-state index contributed by atoms with van der Waals surface area (Å²) in [5, 5.41) is 1.86. The van der Waals surface area contributed by atoms with Gasteiger partial charge in [-0.3, -0.25) is 9.59 Å². The number of alkyl halides is 3. The molecule has 2 aliphatic rings. The quantitative estimate of drug-likeness (QED) is 0.675. The number of piperidine rings is 1. The third kappa shape index (κ3) is 4.69. The number of carbonyl (C=O) groups is 2. The summed E-state index contributed by atoms with van der Waals surface area (Å²) in [6.45, 7) is 1.34. The first-order valence-corrected chi connectivity index (χ1v) is 11.0. The molecular formula is C22H23F3N2O2S. The molecule has 0 radical (unpaired) electrons. The Morgan fingerprint density at radius 3 is 2.43 bits per heavy atom. The molecule has 2 aromatic rings. The summed E-state index contributed by atoms with van der Waals surface area (Å²) in [5.41, 5.74) is -0.00358. The largest absolute Gasteiger partial charge is 0.416 e. The monoisotopic (exact) mass is 436 g/mol. The van der Waals surface area contributed by atoms with Gasteiger partial charge in [-0.2, -0.15) is 13.2 Å². The van der Waals surface area contributed by atoms with E-state index in [0.29, 0.717) is 30.1 Å². The molecule has 1 saturated carbocycles. The Morgan fingerprint density at radius 1 is 1.10 bits per heavy atom. The van der Waals surface area contributed by atoms with Crippen molar-refractivity contribution < 1.29 is 22.8 Å². The van der Waals surface area contributed by atoms with Crippen molar-refractivity contribution in [2.75, 3.05) is 13.1 Å². The van der Waals surface area contributed by atoms with Crippen molar-refractivity contribution in [1.29, 1.82) is 0 Å². The minimum atomic E-state index is -4.37. The van der Waals surface area contributed by atoms with Crippen molar-refractivity contribution in [2.45, 2.75) is 44.4 Å². The number of thiophene rings is 1. The van der Waals surface area contributed by atoms with Crippen LogP contribution in [-0.4, -0.2) is 40.7 Å². The zero-order chi connectivity index (χ0) is 21.3. The van der Waals surface area contributed by atoms with E-state index in [1.54, 1.807) is 15.9 Å². The molecule has 8 heteroatoms. The van der Waals surface area contributed by atoms with Crippen LogP contribution in [0, 0.1) is 5.92 Å². The number of benzene rings is 1. The minimum absolute atomic E-state index is 0.000998. The third-order valence-corrected chi connectivity index (χ3v) is 6.55. The number of halogens is 3. The van der Waals surface area contributed by atoms with Crippen LogP contribution in [-0.2, 0) is 17.5 Å². The second-order valence-corrected chi connectivity index (χ2v) is 8.91. The van der Waals surface area contributed by atoms with Crippen LogP contribution < -0.4 is 0 Å². The zero-order valence-electron chi connectivity index (χ0n) is 16.4. The van der Waals surface area contributed by atoms with Gasteiger partial charge in [0.2, 0.25) is 5.91 Å². The summed E-state index contributed by atoms with van der Waals surface area (Å²) in [4.78, 5) is 30.2. The number of likely N-dealkylation sites (tertiary alicyclic amines) is 1. The topological polar surface area (TPSA) is 40.6 Å². The molecule has 30 heavy (non-hydrogen) atoms. The van der Waals surface area contributed by atoms with E-state index in [1.807, 2.05) is 11.4 Å². The van der Waals surface area contributed by atoms with Gasteiger partial charge in [0.05, 0.1) is 16.4 Å². The van der Waals surface area contributed by atoms with Crippen LogP contribution >= 0.6 is 11.3 Å². The van der Waals surface area contributed by atoms with Crippen molar-refractivity contribution in [2.24, 2.45) is 5.92 Å². The van der Waals surface area contributed by atoms with Crippen LogP contribution in [0.15, 0.2) is 41.8 Å². The highest BCUT2D eigenvalue weighted by Crippen LogP contribution is 2.33. The number of hydrogen-bond acceptors (Lipinski definition) is 3. The van der Waals surface area contributed by atoms with Gasteiger partial charge in [-0.05, 0) is 54.8 Å². The van der Waals surface area contributed by atoms with Crippen LogP contribution in [0.1, 0.15) is 46.5 Å². The number of amides is 2. The zero-order valence-corrected chi connectivity index (χ0v) is 17.2. The fourth-order valence-corrected chi connectivity index (χ4v) is 4.61. The van der Waals surface area contributed by atoms with E-state index < -0.39 is 11.7 Å². The van der Waals surface area contributed by atoms with Gasteiger partial charge in [0, 0.05) is 25.7 Å². The second kappa shape index (κ2) is 8.41. The predicted octanol–water partition coefficient (Wildman–Crippen LogP) is 4.81. The fraction of sp³-hybridized carbons (Fsp3) is 0.455. The smallest absolute Gasteiger partial charge is 0.337 e. The number of rotatable bonds is 5. The molecule has 0 bridgehead atoms. The highest BCUT2D eigenvalue weighted by atomic mass is 32.1. The lowest BCUT2D eigenvalue weighted by atomic mass is 9.95. The van der Waals surface area contributed by atoms with Crippen molar-refractivity contribution in [3.05, 3.63) is 57.8 Å². The van der Waals surface area contributed by atoms with Gasteiger partial charge in [-0.25, -0.2) is 0 Å². The molecule has 1 aromatic carbocycles. The standard InChI is InChI=1S/C22H23F3N2O2S/c23-22(24,25)17-7-5-15(6-8-17)13-27(18-9-10-18)20(28)16-3-1-11-26(14-16)21(29)19-4-2-12-30-19/h2,4-8,12,16,18H,1,3,9-11,13-14H2/t16-/m1/s1. The molecule has 0 unspecified atom stereocenters. The van der Waals surface area contributed by atoms with Crippen molar-refractivity contribution in [1.82, 2.24) is 9.80 Å². The minimum Gasteiger partial charge on any atom is -0.337 e. The Morgan fingerprint density at radius 2 is 1.83 bits per heavy atom. The van der Waals surface area contributed by atoms with E-state index >= 15 is 0 Å². The van der Waals surface area contributed by atoms with E-state index in [0.717, 1.165) is 37.8 Å². The van der Waals surface area contributed by atoms with E-state index in [4.69, 9.17) is 0 Å². The molecule has 4 rings (SSSR count). The maximum absolute atomic E-state index is 13.3. The lowest BCUT2D eigenvalue weighted by Gasteiger charge is -2.35. The molecule has 1 aliphatic carbocycles. The van der Waals surface area contributed by atoms with Gasteiger partial charge in [0.15, 0.2) is 0 Å². The molecule has 1 saturated heterocycles. The molecule has 0 N–H and O–H groups in total. The maximum Gasteiger partial charge on any atom is 0.416 e. The summed E-state index contributed by atoms with van der Waals surface area (Å²) in [6, 6.07) is 8.78. The van der Waals surface area contributed by atoms with Crippen LogP contribution in [0.4, 0.5) is 13.2 Å². The van der Waals surface area contributed by atoms with Crippen LogP contribution in [0.25, 0.3) is 0 Å². The van der Waals surface area contributed by atoms with Gasteiger partial charge in [0.25, 0.3) is 5.91 Å². The van der Waals surface area contributed by atoms with E-state index in [9.17, 15) is 22.8 Å². The summed E-state index contributed by atoms with van der Waals surface area (Å²) in [6.07, 6.45) is -1.05. The number of nitrogens with zero attached hydrogens (tertiary/aromatic N) is 2. The summed E-state index contributed by atoms with van der Waals surface area (Å²) in [7, 11) is 0. The highest BCUT2D eigenvalue weighted by molar-refractivity contribution is 7.12. The Kier molecular flexibility index (Phi) is 5.86. The Labute approximate surface area is 177 Å². The summed E-state index contributed by atoms with van der Waals surface area (Å²) in [5.74, 6) is -0.304. The molecule has 4 nitrogen and oxygen atoms in total. The predicted molar refractivity (Wildman–Crippen MR) is 108 cm³/mol. The normalized spacial score (nSPS) is 19.6. The first-order valence-electron chi connectivity index (χ1n) is 10.1. The first-order chi connectivity index (χ1) is 14.3. The van der Waals surface area contributed by atoms with Crippen molar-refractivity contribution >= 4 is 23.2 Å². The number of carbonyl (C=O) groups excluding carboxylic acids is 2. The molecule has 1 aromatic heterocycles. The molecule has 2 fully saturated rings. The van der Waals surface area contributed by atoms with Gasteiger partial charge >= 0.3 is 6.18 Å². The third-order valence-electron chi connectivity index (χ3n) is 5.69. The number of hydrogen-bond donors (Lipinski definition) is 0. The van der Waals surface area contributed by atoms with Gasteiger partial charge < -0.3 is 9.80 Å². The van der Waals surface area contributed by atoms with Crippen LogP contribution in [0.2, 0.25) is 0 Å². The highest BCUT2D eigenvalue weighted by Gasteiger charge is 2.38. The van der Waals surface area contributed by atoms with Crippen molar-refractivity contribution in [3.63, 3.8) is 0 Å². The molecule has 0 spiro atoms. The maximum atomic E-state index is 13.3. The Balaban J connectivity index is 1.44. The first kappa shape index (κ1) is 20.9. The van der Waals surface area contributed by atoms with Gasteiger partial charge in [-0.15, -0.1) is 11.3 Å². The second-order valence-electron chi connectivity index (χ2n) is 7.96. The van der Waals surface area contributed by atoms with E-state index in [-0.39, 0.29) is 23.8 Å². The molecule has 160 valence electrons. The Hall–Kier alpha value is -2.35. The van der Waals surface area contributed by atoms with E-state index in [2.05, 4.69) is 0 Å². The molecule has 2 amide bonds. The molecule has 1 atom stereocenters. The average Bonchev–Trinajstić information content (AvgIpc) is 3.43.